The van der Waals surface area contributed by atoms with E-state index in [-0.39, 0.29) is 23.3 Å². The van der Waals surface area contributed by atoms with Crippen LogP contribution in [0.3, 0.4) is 0 Å². The normalized spacial score (nSPS) is 24.6. The zero-order chi connectivity index (χ0) is 12.4. The van der Waals surface area contributed by atoms with Gasteiger partial charge in [0.2, 0.25) is 0 Å². The molecule has 0 amide bonds. The second kappa shape index (κ2) is 5.15. The maximum Gasteiger partial charge on any atom is 0.170 e. The molecule has 4 heteroatoms. The van der Waals surface area contributed by atoms with E-state index >= 15 is 0 Å². The molecule has 2 rings (SSSR count). The summed E-state index contributed by atoms with van der Waals surface area (Å²) < 4.78 is 13.6. The quantitative estimate of drug-likeness (QED) is 0.825. The molecule has 0 bridgehead atoms. The van der Waals surface area contributed by atoms with Gasteiger partial charge in [-0.05, 0) is 31.0 Å². The molecule has 0 aliphatic heterocycles. The summed E-state index contributed by atoms with van der Waals surface area (Å²) >= 11 is 5.66. The molecule has 2 unspecified atom stereocenters. The number of carbonyl (C=O) groups is 1. The van der Waals surface area contributed by atoms with E-state index in [0.29, 0.717) is 5.02 Å². The Morgan fingerprint density at radius 3 is 2.71 bits per heavy atom. The zero-order valence-electron chi connectivity index (χ0n) is 9.46. The Hall–Kier alpha value is -0.930. The fraction of sp³-hybridized carbons (Fsp3) is 0.462. The van der Waals surface area contributed by atoms with Crippen molar-refractivity contribution >= 4 is 17.4 Å². The van der Waals surface area contributed by atoms with E-state index in [1.165, 1.54) is 18.2 Å². The highest BCUT2D eigenvalue weighted by Gasteiger charge is 2.30. The van der Waals surface area contributed by atoms with Gasteiger partial charge in [0.05, 0.1) is 5.56 Å². The second-order valence-corrected chi connectivity index (χ2v) is 4.98. The standard InChI is InChI=1S/C13H15ClFNO/c14-8-5-6-9(11(15)7-8)13(17)10-3-1-2-4-12(10)16/h5-7,10,12H,1-4,16H2. The van der Waals surface area contributed by atoms with Crippen LogP contribution < -0.4 is 5.73 Å². The first kappa shape index (κ1) is 12.5. The van der Waals surface area contributed by atoms with Gasteiger partial charge in [0.15, 0.2) is 5.78 Å². The van der Waals surface area contributed by atoms with Crippen molar-refractivity contribution in [2.24, 2.45) is 11.7 Å². The Morgan fingerprint density at radius 2 is 2.06 bits per heavy atom. The predicted molar refractivity (Wildman–Crippen MR) is 65.7 cm³/mol. The molecule has 0 radical (unpaired) electrons. The first-order valence-corrected chi connectivity index (χ1v) is 6.22. The molecule has 1 aliphatic rings. The van der Waals surface area contributed by atoms with E-state index in [1.807, 2.05) is 0 Å². The smallest absolute Gasteiger partial charge is 0.170 e. The molecule has 92 valence electrons. The van der Waals surface area contributed by atoms with Crippen LogP contribution in [0.4, 0.5) is 4.39 Å². The highest BCUT2D eigenvalue weighted by molar-refractivity contribution is 6.30. The predicted octanol–water partition coefficient (Wildman–Crippen LogP) is 3.18. The van der Waals surface area contributed by atoms with E-state index in [2.05, 4.69) is 0 Å². The molecular formula is C13H15ClFNO. The van der Waals surface area contributed by atoms with Gasteiger partial charge in [-0.25, -0.2) is 4.39 Å². The van der Waals surface area contributed by atoms with Crippen LogP contribution in [0.1, 0.15) is 36.0 Å². The van der Waals surface area contributed by atoms with Gasteiger partial charge in [0.1, 0.15) is 5.82 Å². The van der Waals surface area contributed by atoms with Crippen molar-refractivity contribution in [3.63, 3.8) is 0 Å². The van der Waals surface area contributed by atoms with E-state index in [0.717, 1.165) is 25.7 Å². The Morgan fingerprint density at radius 1 is 1.35 bits per heavy atom. The molecule has 2 atom stereocenters. The van der Waals surface area contributed by atoms with Crippen molar-refractivity contribution in [2.75, 3.05) is 0 Å². The number of rotatable bonds is 2. The number of nitrogens with two attached hydrogens (primary N) is 1. The number of Topliss-reactive ketones (excluding diaryl/α,β-unsaturated/α-hetero) is 1. The minimum Gasteiger partial charge on any atom is -0.327 e. The summed E-state index contributed by atoms with van der Waals surface area (Å²) in [5.74, 6) is -0.994. The highest BCUT2D eigenvalue weighted by atomic mass is 35.5. The fourth-order valence-electron chi connectivity index (χ4n) is 2.37. The van der Waals surface area contributed by atoms with Gasteiger partial charge < -0.3 is 5.73 Å². The Labute approximate surface area is 105 Å². The number of ketones is 1. The maximum absolute atomic E-state index is 13.6. The van der Waals surface area contributed by atoms with Crippen molar-refractivity contribution in [3.05, 3.63) is 34.6 Å². The van der Waals surface area contributed by atoms with Gasteiger partial charge in [-0.2, -0.15) is 0 Å². The number of benzene rings is 1. The molecule has 2 nitrogen and oxygen atoms in total. The molecule has 1 saturated carbocycles. The lowest BCUT2D eigenvalue weighted by atomic mass is 9.80. The number of carbonyl (C=O) groups excluding carboxylic acids is 1. The van der Waals surface area contributed by atoms with Crippen LogP contribution in [0.15, 0.2) is 18.2 Å². The summed E-state index contributed by atoms with van der Waals surface area (Å²) in [7, 11) is 0. The molecule has 1 aliphatic carbocycles. The summed E-state index contributed by atoms with van der Waals surface area (Å²) in [4.78, 5) is 12.2. The largest absolute Gasteiger partial charge is 0.327 e. The Balaban J connectivity index is 2.24. The first-order chi connectivity index (χ1) is 8.09. The summed E-state index contributed by atoms with van der Waals surface area (Å²) in [6.07, 6.45) is 3.63. The minimum absolute atomic E-state index is 0.108. The van der Waals surface area contributed by atoms with Crippen molar-refractivity contribution in [1.29, 1.82) is 0 Å². The van der Waals surface area contributed by atoms with Crippen LogP contribution in [0.25, 0.3) is 0 Å². The van der Waals surface area contributed by atoms with Gasteiger partial charge >= 0.3 is 0 Å². The molecule has 1 fully saturated rings. The van der Waals surface area contributed by atoms with Crippen molar-refractivity contribution < 1.29 is 9.18 Å². The summed E-state index contributed by atoms with van der Waals surface area (Å²) in [5.41, 5.74) is 6.04. The van der Waals surface area contributed by atoms with Crippen molar-refractivity contribution in [1.82, 2.24) is 0 Å². The van der Waals surface area contributed by atoms with Gasteiger partial charge in [-0.15, -0.1) is 0 Å². The molecule has 2 N–H and O–H groups in total. The van der Waals surface area contributed by atoms with Gasteiger partial charge in [0, 0.05) is 17.0 Å². The first-order valence-electron chi connectivity index (χ1n) is 5.84. The lowest BCUT2D eigenvalue weighted by Gasteiger charge is -2.27. The summed E-state index contributed by atoms with van der Waals surface area (Å²) in [6, 6.07) is 4.00. The van der Waals surface area contributed by atoms with Gasteiger partial charge in [-0.3, -0.25) is 4.79 Å². The topological polar surface area (TPSA) is 43.1 Å². The van der Waals surface area contributed by atoms with Crippen molar-refractivity contribution in [2.45, 2.75) is 31.7 Å². The Kier molecular flexibility index (Phi) is 3.79. The maximum atomic E-state index is 13.6. The SMILES string of the molecule is NC1CCCCC1C(=O)c1ccc(Cl)cc1F. The van der Waals surface area contributed by atoms with E-state index < -0.39 is 5.82 Å². The van der Waals surface area contributed by atoms with Crippen LogP contribution in [0.2, 0.25) is 5.02 Å². The van der Waals surface area contributed by atoms with E-state index in [1.54, 1.807) is 0 Å². The third-order valence-corrected chi connectivity index (χ3v) is 3.59. The summed E-state index contributed by atoms with van der Waals surface area (Å²) in [5, 5.41) is 0.298. The van der Waals surface area contributed by atoms with Crippen LogP contribution in [0.5, 0.6) is 0 Å². The number of hydrogen-bond acceptors (Lipinski definition) is 2. The number of hydrogen-bond donors (Lipinski definition) is 1. The monoisotopic (exact) mass is 255 g/mol. The van der Waals surface area contributed by atoms with Gasteiger partial charge in [-0.1, -0.05) is 24.4 Å². The van der Waals surface area contributed by atoms with E-state index in [9.17, 15) is 9.18 Å². The number of halogens is 2. The lowest BCUT2D eigenvalue weighted by molar-refractivity contribution is 0.0867. The average Bonchev–Trinajstić information content (AvgIpc) is 2.29. The molecule has 1 aromatic carbocycles. The van der Waals surface area contributed by atoms with Crippen LogP contribution in [-0.4, -0.2) is 11.8 Å². The molecular weight excluding hydrogens is 241 g/mol. The lowest BCUT2D eigenvalue weighted by Crippen LogP contribution is -2.38. The molecule has 0 aromatic heterocycles. The Bertz CT molecular complexity index is 435. The average molecular weight is 256 g/mol. The van der Waals surface area contributed by atoms with Crippen molar-refractivity contribution in [3.8, 4) is 0 Å². The molecule has 1 aromatic rings. The fourth-order valence-corrected chi connectivity index (χ4v) is 2.53. The third-order valence-electron chi connectivity index (χ3n) is 3.35. The summed E-state index contributed by atoms with van der Waals surface area (Å²) in [6.45, 7) is 0. The molecule has 0 spiro atoms. The minimum atomic E-state index is -0.555. The molecule has 0 saturated heterocycles. The van der Waals surface area contributed by atoms with E-state index in [4.69, 9.17) is 17.3 Å². The third kappa shape index (κ3) is 2.67. The zero-order valence-corrected chi connectivity index (χ0v) is 10.2. The highest BCUT2D eigenvalue weighted by Crippen LogP contribution is 2.27. The molecule has 17 heavy (non-hydrogen) atoms. The molecule has 0 heterocycles. The van der Waals surface area contributed by atoms with Crippen LogP contribution >= 0.6 is 11.6 Å². The van der Waals surface area contributed by atoms with Crippen LogP contribution in [0, 0.1) is 11.7 Å². The van der Waals surface area contributed by atoms with Gasteiger partial charge in [0.25, 0.3) is 0 Å². The second-order valence-electron chi connectivity index (χ2n) is 4.54. The van der Waals surface area contributed by atoms with Crippen LogP contribution in [-0.2, 0) is 0 Å².